The Bertz CT molecular complexity index is 4210. The molecule has 0 N–H and O–H groups in total. The number of hydrogen-bond donors (Lipinski definition) is 0. The molecule has 4 aromatic heterocycles. The maximum Gasteiger partial charge on any atom is 0.156 e. The maximum atomic E-state index is 5.41. The Morgan fingerprint density at radius 2 is 0.923 bits per heavy atom. The summed E-state index contributed by atoms with van der Waals surface area (Å²) in [6.45, 7) is 0. The fourth-order valence-electron chi connectivity index (χ4n) is 10.5. The number of rotatable bonds is 5. The van der Waals surface area contributed by atoms with Crippen molar-refractivity contribution in [1.82, 2.24) is 14.0 Å². The molecule has 0 spiro atoms. The molecule has 65 heavy (non-hydrogen) atoms. The first kappa shape index (κ1) is 36.2. The lowest BCUT2D eigenvalue weighted by Gasteiger charge is -2.14. The molecular weight excluding hydrogens is 807 g/mol. The van der Waals surface area contributed by atoms with Crippen LogP contribution in [0.4, 0.5) is 0 Å². The van der Waals surface area contributed by atoms with E-state index in [-0.39, 0.29) is 0 Å². The standard InChI is InChI=1S/C61H37N3S/c1-2-13-44(14-3-1)63-54-20-10-8-18-50(54)52-36-43(31-34-55(52)63)38-22-24-40(25-23-38)45-32-33-46(49-17-7-6-16-48(45)49)41-26-28-42(29-27-41)57-37-53-51-19-9-11-21-58(51)65-60(53)61-62-59-47-15-5-4-12-39(47)30-35-56(59)64(57)61/h1-37H. The molecule has 3 nitrogen and oxygen atoms in total. The fourth-order valence-corrected chi connectivity index (χ4v) is 11.6. The smallest absolute Gasteiger partial charge is 0.156 e. The predicted octanol–water partition coefficient (Wildman–Crippen LogP) is 16.9. The van der Waals surface area contributed by atoms with Crippen molar-refractivity contribution < 1.29 is 0 Å². The minimum absolute atomic E-state index is 1.01. The third-order valence-electron chi connectivity index (χ3n) is 13.5. The maximum absolute atomic E-state index is 5.41. The second-order valence-corrected chi connectivity index (χ2v) is 18.1. The molecule has 0 bridgehead atoms. The van der Waals surface area contributed by atoms with E-state index in [0.29, 0.717) is 0 Å². The van der Waals surface area contributed by atoms with Gasteiger partial charge in [0.1, 0.15) is 0 Å². The van der Waals surface area contributed by atoms with Gasteiger partial charge in [0, 0.05) is 37.3 Å². The van der Waals surface area contributed by atoms with Crippen molar-refractivity contribution in [1.29, 1.82) is 0 Å². The van der Waals surface area contributed by atoms with Gasteiger partial charge in [0.2, 0.25) is 0 Å². The van der Waals surface area contributed by atoms with E-state index < -0.39 is 0 Å². The van der Waals surface area contributed by atoms with Crippen LogP contribution in [-0.2, 0) is 0 Å². The van der Waals surface area contributed by atoms with Crippen LogP contribution in [0.3, 0.4) is 0 Å². The zero-order valence-electron chi connectivity index (χ0n) is 35.1. The van der Waals surface area contributed by atoms with E-state index in [2.05, 4.69) is 233 Å². The zero-order valence-corrected chi connectivity index (χ0v) is 35.9. The van der Waals surface area contributed by atoms with E-state index in [1.54, 1.807) is 0 Å². The van der Waals surface area contributed by atoms with Gasteiger partial charge in [0.25, 0.3) is 0 Å². The third kappa shape index (κ3) is 5.51. The van der Waals surface area contributed by atoms with Crippen molar-refractivity contribution in [3.05, 3.63) is 224 Å². The Kier molecular flexibility index (Phi) is 7.85. The van der Waals surface area contributed by atoms with E-state index in [0.717, 1.165) is 27.9 Å². The highest BCUT2D eigenvalue weighted by Gasteiger charge is 2.20. The summed E-state index contributed by atoms with van der Waals surface area (Å²) in [5, 5.41) is 9.91. The lowest BCUT2D eigenvalue weighted by Crippen LogP contribution is -1.93. The van der Waals surface area contributed by atoms with Gasteiger partial charge in [0.15, 0.2) is 5.65 Å². The molecule has 0 unspecified atom stereocenters. The highest BCUT2D eigenvalue weighted by molar-refractivity contribution is 7.26. The second-order valence-electron chi connectivity index (χ2n) is 17.1. The number of aromatic nitrogens is 3. The van der Waals surface area contributed by atoms with Gasteiger partial charge in [-0.05, 0) is 104 Å². The Morgan fingerprint density at radius 1 is 0.354 bits per heavy atom. The zero-order chi connectivity index (χ0) is 42.6. The van der Waals surface area contributed by atoms with Crippen molar-refractivity contribution >= 4 is 91.5 Å². The molecule has 0 aliphatic carbocycles. The van der Waals surface area contributed by atoms with Gasteiger partial charge in [-0.3, -0.25) is 4.40 Å². The molecule has 10 aromatic carbocycles. The van der Waals surface area contributed by atoms with Crippen LogP contribution in [0.1, 0.15) is 0 Å². The Morgan fingerprint density at radius 3 is 1.68 bits per heavy atom. The van der Waals surface area contributed by atoms with Crippen molar-refractivity contribution in [2.24, 2.45) is 0 Å². The van der Waals surface area contributed by atoms with Gasteiger partial charge in [0.05, 0.1) is 32.5 Å². The van der Waals surface area contributed by atoms with Crippen molar-refractivity contribution in [2.75, 3.05) is 0 Å². The number of fused-ring (bicyclic) bond motifs is 13. The van der Waals surface area contributed by atoms with Gasteiger partial charge in [-0.25, -0.2) is 4.98 Å². The summed E-state index contributed by atoms with van der Waals surface area (Å²) in [6, 6.07) is 82.1. The SMILES string of the molecule is c1ccc(-n2c3ccccc3c3cc(-c4ccc(-c5ccc(-c6ccc(-c7cc8c9ccccc9sc8c8nc9c%10ccccc%10ccc9n78)cc6)c6ccccc56)cc4)ccc32)cc1. The number of thiophene rings is 1. The van der Waals surface area contributed by atoms with Gasteiger partial charge < -0.3 is 4.57 Å². The molecule has 0 saturated carbocycles. The summed E-state index contributed by atoms with van der Waals surface area (Å²) >= 11 is 1.83. The first-order chi connectivity index (χ1) is 32.2. The summed E-state index contributed by atoms with van der Waals surface area (Å²) in [4.78, 5) is 5.41. The topological polar surface area (TPSA) is 22.2 Å². The summed E-state index contributed by atoms with van der Waals surface area (Å²) < 4.78 is 7.25. The van der Waals surface area contributed by atoms with Crippen LogP contribution in [0.2, 0.25) is 0 Å². The molecule has 0 aliphatic heterocycles. The van der Waals surface area contributed by atoms with Crippen molar-refractivity contribution in [2.45, 2.75) is 0 Å². The minimum Gasteiger partial charge on any atom is -0.309 e. The quantitative estimate of drug-likeness (QED) is 0.169. The van der Waals surface area contributed by atoms with Crippen molar-refractivity contribution in [3.8, 4) is 50.3 Å². The summed E-state index contributed by atoms with van der Waals surface area (Å²) in [6.07, 6.45) is 0. The van der Waals surface area contributed by atoms with E-state index in [4.69, 9.17) is 4.98 Å². The third-order valence-corrected chi connectivity index (χ3v) is 14.7. The molecule has 0 saturated heterocycles. The molecule has 302 valence electrons. The lowest BCUT2D eigenvalue weighted by atomic mass is 9.91. The molecule has 4 heterocycles. The highest BCUT2D eigenvalue weighted by atomic mass is 32.1. The Labute approximate surface area is 378 Å². The molecule has 0 amide bonds. The normalized spacial score (nSPS) is 12.0. The number of pyridine rings is 1. The fraction of sp³-hybridized carbons (Fsp3) is 0. The molecule has 14 aromatic rings. The van der Waals surface area contributed by atoms with Gasteiger partial charge >= 0.3 is 0 Å². The van der Waals surface area contributed by atoms with E-state index in [1.165, 1.54) is 103 Å². The molecule has 14 rings (SSSR count). The summed E-state index contributed by atoms with van der Waals surface area (Å²) in [5.41, 5.74) is 16.3. The first-order valence-corrected chi connectivity index (χ1v) is 23.0. The number of nitrogens with zero attached hydrogens (tertiary/aromatic N) is 3. The largest absolute Gasteiger partial charge is 0.309 e. The number of benzene rings is 10. The summed E-state index contributed by atoms with van der Waals surface area (Å²) in [5.74, 6) is 0. The van der Waals surface area contributed by atoms with Crippen molar-refractivity contribution in [3.63, 3.8) is 0 Å². The number of hydrogen-bond acceptors (Lipinski definition) is 2. The van der Waals surface area contributed by atoms with Crippen LogP contribution in [0.5, 0.6) is 0 Å². The first-order valence-electron chi connectivity index (χ1n) is 22.2. The molecule has 4 heteroatoms. The average Bonchev–Trinajstić information content (AvgIpc) is 4.06. The van der Waals surface area contributed by atoms with Crippen LogP contribution in [0, 0.1) is 0 Å². The molecule has 0 atom stereocenters. The lowest BCUT2D eigenvalue weighted by molar-refractivity contribution is 1.18. The monoisotopic (exact) mass is 843 g/mol. The van der Waals surface area contributed by atoms with Gasteiger partial charge in [-0.2, -0.15) is 0 Å². The van der Waals surface area contributed by atoms with E-state index >= 15 is 0 Å². The molecule has 0 fully saturated rings. The van der Waals surface area contributed by atoms with Crippen LogP contribution in [0.15, 0.2) is 224 Å². The van der Waals surface area contributed by atoms with Crippen LogP contribution >= 0.6 is 11.3 Å². The van der Waals surface area contributed by atoms with Crippen LogP contribution in [-0.4, -0.2) is 14.0 Å². The average molecular weight is 844 g/mol. The van der Waals surface area contributed by atoms with Gasteiger partial charge in [-0.1, -0.05) is 176 Å². The molecular formula is C61H37N3S. The van der Waals surface area contributed by atoms with Crippen LogP contribution < -0.4 is 0 Å². The second kappa shape index (κ2) is 14.1. The Hall–Kier alpha value is -8.31. The van der Waals surface area contributed by atoms with E-state index in [9.17, 15) is 0 Å². The van der Waals surface area contributed by atoms with Crippen LogP contribution in [0.25, 0.3) is 131 Å². The Balaban J connectivity index is 0.841. The predicted molar refractivity (Wildman–Crippen MR) is 277 cm³/mol. The number of imidazole rings is 1. The minimum atomic E-state index is 1.01. The summed E-state index contributed by atoms with van der Waals surface area (Å²) in [7, 11) is 0. The molecule has 0 aliphatic rings. The molecule has 0 radical (unpaired) electrons. The highest BCUT2D eigenvalue weighted by Crippen LogP contribution is 2.43. The van der Waals surface area contributed by atoms with Gasteiger partial charge in [-0.15, -0.1) is 11.3 Å². The number of para-hydroxylation sites is 2. The van der Waals surface area contributed by atoms with E-state index in [1.807, 2.05) is 11.3 Å².